The number of hydrogen-bond donors (Lipinski definition) is 2. The molecule has 1 saturated carbocycles. The summed E-state index contributed by atoms with van der Waals surface area (Å²) in [6, 6.07) is 1.93. The zero-order valence-corrected chi connectivity index (χ0v) is 12.9. The molecule has 0 radical (unpaired) electrons. The molecule has 2 aromatic heterocycles. The first-order valence-corrected chi connectivity index (χ1v) is 7.51. The van der Waals surface area contributed by atoms with Crippen LogP contribution >= 0.6 is 0 Å². The van der Waals surface area contributed by atoms with Crippen molar-refractivity contribution in [3.05, 3.63) is 18.1 Å². The molecule has 2 N–H and O–H groups in total. The molecule has 3 rings (SSSR count). The van der Waals surface area contributed by atoms with Crippen molar-refractivity contribution in [1.82, 2.24) is 19.6 Å². The smallest absolute Gasteiger partial charge is 0.254 e. The molecule has 0 aliphatic heterocycles. The van der Waals surface area contributed by atoms with E-state index >= 15 is 0 Å². The number of aromatic nitrogens is 4. The summed E-state index contributed by atoms with van der Waals surface area (Å²) in [6.07, 6.45) is 5.26. The van der Waals surface area contributed by atoms with E-state index in [0.29, 0.717) is 17.7 Å². The van der Waals surface area contributed by atoms with Crippen LogP contribution in [0.4, 0.5) is 5.82 Å². The summed E-state index contributed by atoms with van der Waals surface area (Å²) in [4.78, 5) is 8.42. The molecular formula is C15H23N5O. The lowest BCUT2D eigenvalue weighted by Gasteiger charge is -2.40. The van der Waals surface area contributed by atoms with Gasteiger partial charge in [-0.25, -0.2) is 4.98 Å². The minimum Gasteiger partial charge on any atom is -0.388 e. The number of anilines is 1. The van der Waals surface area contributed by atoms with E-state index in [2.05, 4.69) is 34.2 Å². The maximum atomic E-state index is 10.7. The highest BCUT2D eigenvalue weighted by molar-refractivity contribution is 5.44. The van der Waals surface area contributed by atoms with Crippen LogP contribution in [-0.2, 0) is 0 Å². The summed E-state index contributed by atoms with van der Waals surface area (Å²) in [7, 11) is 0. The van der Waals surface area contributed by atoms with Crippen LogP contribution in [-0.4, -0.2) is 36.8 Å². The van der Waals surface area contributed by atoms with Gasteiger partial charge in [0.1, 0.15) is 12.1 Å². The van der Waals surface area contributed by atoms with Gasteiger partial charge in [-0.2, -0.15) is 14.6 Å². The second-order valence-corrected chi connectivity index (χ2v) is 7.00. The number of nitrogens with zero attached hydrogens (tertiary/aromatic N) is 4. The van der Waals surface area contributed by atoms with Gasteiger partial charge in [0.25, 0.3) is 5.78 Å². The molecule has 0 amide bonds. The molecule has 2 heterocycles. The Morgan fingerprint density at radius 2 is 2.00 bits per heavy atom. The number of rotatable bonds is 3. The average Bonchev–Trinajstić information content (AvgIpc) is 2.88. The SMILES string of the molecule is Cc1cc(NCC2(O)CCC(C)(C)CC2)n2ncnc2n1. The van der Waals surface area contributed by atoms with E-state index in [9.17, 15) is 5.11 Å². The quantitative estimate of drug-likeness (QED) is 0.905. The van der Waals surface area contributed by atoms with Crippen molar-refractivity contribution >= 4 is 11.6 Å². The van der Waals surface area contributed by atoms with Crippen molar-refractivity contribution in [2.75, 3.05) is 11.9 Å². The van der Waals surface area contributed by atoms with Crippen molar-refractivity contribution in [2.24, 2.45) is 5.41 Å². The highest BCUT2D eigenvalue weighted by Crippen LogP contribution is 2.40. The third-order valence-corrected chi connectivity index (χ3v) is 4.51. The summed E-state index contributed by atoms with van der Waals surface area (Å²) in [5.41, 5.74) is 0.591. The lowest BCUT2D eigenvalue weighted by Crippen LogP contribution is -2.42. The highest BCUT2D eigenvalue weighted by atomic mass is 16.3. The van der Waals surface area contributed by atoms with Crippen LogP contribution in [0.5, 0.6) is 0 Å². The number of fused-ring (bicyclic) bond motifs is 1. The first-order chi connectivity index (χ1) is 9.87. The summed E-state index contributed by atoms with van der Waals surface area (Å²) in [5, 5.41) is 18.2. The van der Waals surface area contributed by atoms with Crippen LogP contribution in [0.15, 0.2) is 12.4 Å². The molecule has 114 valence electrons. The maximum Gasteiger partial charge on any atom is 0.254 e. The lowest BCUT2D eigenvalue weighted by atomic mass is 9.71. The number of aliphatic hydroxyl groups is 1. The van der Waals surface area contributed by atoms with Crippen molar-refractivity contribution in [3.8, 4) is 0 Å². The van der Waals surface area contributed by atoms with E-state index in [4.69, 9.17) is 0 Å². The average molecular weight is 289 g/mol. The van der Waals surface area contributed by atoms with E-state index in [0.717, 1.165) is 37.2 Å². The Morgan fingerprint density at radius 1 is 1.29 bits per heavy atom. The Hall–Kier alpha value is -1.69. The van der Waals surface area contributed by atoms with Gasteiger partial charge in [-0.05, 0) is 38.0 Å². The van der Waals surface area contributed by atoms with Gasteiger partial charge in [0.2, 0.25) is 0 Å². The summed E-state index contributed by atoms with van der Waals surface area (Å²) < 4.78 is 1.67. The van der Waals surface area contributed by atoms with E-state index in [1.807, 2.05) is 13.0 Å². The Morgan fingerprint density at radius 3 is 2.71 bits per heavy atom. The van der Waals surface area contributed by atoms with Crippen molar-refractivity contribution < 1.29 is 5.11 Å². The molecule has 1 aliphatic rings. The zero-order chi connectivity index (χ0) is 15.1. The predicted molar refractivity (Wildman–Crippen MR) is 81.2 cm³/mol. The van der Waals surface area contributed by atoms with E-state index in [1.165, 1.54) is 6.33 Å². The molecule has 21 heavy (non-hydrogen) atoms. The van der Waals surface area contributed by atoms with E-state index < -0.39 is 5.60 Å². The molecule has 6 heteroatoms. The van der Waals surface area contributed by atoms with Crippen LogP contribution in [0.25, 0.3) is 5.78 Å². The lowest BCUT2D eigenvalue weighted by molar-refractivity contribution is -0.0146. The van der Waals surface area contributed by atoms with E-state index in [-0.39, 0.29) is 0 Å². The molecule has 0 saturated heterocycles. The third kappa shape index (κ3) is 3.00. The zero-order valence-electron chi connectivity index (χ0n) is 12.9. The first kappa shape index (κ1) is 14.3. The standard InChI is InChI=1S/C15H23N5O/c1-11-8-12(20-13(19-11)17-10-18-20)16-9-15(21)6-4-14(2,3)5-7-15/h8,10,16,21H,4-7,9H2,1-3H3. The Labute approximate surface area is 124 Å². The minimum absolute atomic E-state index is 0.346. The van der Waals surface area contributed by atoms with Gasteiger partial charge in [-0.1, -0.05) is 13.8 Å². The monoisotopic (exact) mass is 289 g/mol. The normalized spacial score (nSPS) is 20.6. The molecule has 1 aliphatic carbocycles. The second kappa shape index (κ2) is 4.94. The van der Waals surface area contributed by atoms with Crippen LogP contribution in [0.1, 0.15) is 45.2 Å². The number of nitrogens with one attached hydrogen (secondary N) is 1. The van der Waals surface area contributed by atoms with Crippen molar-refractivity contribution in [3.63, 3.8) is 0 Å². The highest BCUT2D eigenvalue weighted by Gasteiger charge is 2.36. The number of hydrogen-bond acceptors (Lipinski definition) is 5. The topological polar surface area (TPSA) is 75.3 Å². The first-order valence-electron chi connectivity index (χ1n) is 7.51. The Kier molecular flexibility index (Phi) is 3.36. The van der Waals surface area contributed by atoms with Gasteiger partial charge in [0.15, 0.2) is 0 Å². The molecule has 6 nitrogen and oxygen atoms in total. The van der Waals surface area contributed by atoms with Gasteiger partial charge in [-0.3, -0.25) is 0 Å². The summed E-state index contributed by atoms with van der Waals surface area (Å²) in [5.74, 6) is 1.41. The second-order valence-electron chi connectivity index (χ2n) is 7.00. The van der Waals surface area contributed by atoms with Crippen molar-refractivity contribution in [1.29, 1.82) is 0 Å². The minimum atomic E-state index is -0.639. The third-order valence-electron chi connectivity index (χ3n) is 4.51. The molecule has 0 bridgehead atoms. The van der Waals surface area contributed by atoms with Gasteiger partial charge in [0, 0.05) is 18.3 Å². The molecule has 2 aromatic rings. The fourth-order valence-electron chi connectivity index (χ4n) is 2.88. The summed E-state index contributed by atoms with van der Waals surface area (Å²) in [6.45, 7) is 7.00. The van der Waals surface area contributed by atoms with Crippen LogP contribution in [0, 0.1) is 12.3 Å². The fourth-order valence-corrected chi connectivity index (χ4v) is 2.88. The number of aryl methyl sites for hydroxylation is 1. The molecule has 1 fully saturated rings. The Bertz CT molecular complexity index is 639. The van der Waals surface area contributed by atoms with Crippen LogP contribution in [0.3, 0.4) is 0 Å². The predicted octanol–water partition coefficient (Wildman–Crippen LogP) is 2.18. The Balaban J connectivity index is 1.73. The van der Waals surface area contributed by atoms with E-state index in [1.54, 1.807) is 4.52 Å². The van der Waals surface area contributed by atoms with Crippen molar-refractivity contribution in [2.45, 2.75) is 52.1 Å². The largest absolute Gasteiger partial charge is 0.388 e. The molecule has 0 atom stereocenters. The van der Waals surface area contributed by atoms with Gasteiger partial charge in [0.05, 0.1) is 5.60 Å². The molecule has 0 spiro atoms. The van der Waals surface area contributed by atoms with Crippen LogP contribution in [0.2, 0.25) is 0 Å². The molecule has 0 aromatic carbocycles. The van der Waals surface area contributed by atoms with Gasteiger partial charge in [-0.15, -0.1) is 0 Å². The maximum absolute atomic E-state index is 10.7. The van der Waals surface area contributed by atoms with Gasteiger partial charge < -0.3 is 10.4 Å². The fraction of sp³-hybridized carbons (Fsp3) is 0.667. The van der Waals surface area contributed by atoms with Gasteiger partial charge >= 0.3 is 0 Å². The molecular weight excluding hydrogens is 266 g/mol. The molecule has 0 unspecified atom stereocenters. The van der Waals surface area contributed by atoms with Crippen LogP contribution < -0.4 is 5.32 Å². The summed E-state index contributed by atoms with van der Waals surface area (Å²) >= 11 is 0.